The van der Waals surface area contributed by atoms with E-state index in [2.05, 4.69) is 10.1 Å². The smallest absolute Gasteiger partial charge is 0.213 e. The molecule has 0 saturated heterocycles. The highest BCUT2D eigenvalue weighted by Gasteiger charge is 2.02. The van der Waals surface area contributed by atoms with Crippen LogP contribution in [0.1, 0.15) is 11.4 Å². The van der Waals surface area contributed by atoms with Crippen molar-refractivity contribution in [1.82, 2.24) is 19.3 Å². The number of hydrogen-bond donors (Lipinski definition) is 0. The van der Waals surface area contributed by atoms with Crippen LogP contribution in [0.25, 0.3) is 0 Å². The minimum atomic E-state index is 0.425. The molecular formula is C9H9N5. The molecule has 2 heterocycles. The Morgan fingerprint density at radius 1 is 1.57 bits per heavy atom. The van der Waals surface area contributed by atoms with E-state index < -0.39 is 0 Å². The summed E-state index contributed by atoms with van der Waals surface area (Å²) in [6, 6.07) is 2.03. The first-order valence-corrected chi connectivity index (χ1v) is 4.18. The van der Waals surface area contributed by atoms with Gasteiger partial charge < -0.3 is 4.57 Å². The molecule has 5 heteroatoms. The lowest BCUT2D eigenvalue weighted by Crippen LogP contribution is -2.00. The molecule has 0 radical (unpaired) electrons. The third kappa shape index (κ3) is 1.50. The first-order valence-electron chi connectivity index (χ1n) is 4.18. The standard InChI is InChI=1S/C9H9N5/c1-13-6-8(5-12-13)7-14-3-2-11-9(14)4-10/h2-3,5-6H,7H2,1H3. The Bertz CT molecular complexity index is 473. The van der Waals surface area contributed by atoms with Crippen LogP contribution in [0.3, 0.4) is 0 Å². The zero-order chi connectivity index (χ0) is 9.97. The van der Waals surface area contributed by atoms with Gasteiger partial charge in [0.1, 0.15) is 6.07 Å². The Kier molecular flexibility index (Phi) is 2.03. The summed E-state index contributed by atoms with van der Waals surface area (Å²) in [5.74, 6) is 0.425. The molecule has 14 heavy (non-hydrogen) atoms. The van der Waals surface area contributed by atoms with Gasteiger partial charge in [-0.05, 0) is 0 Å². The van der Waals surface area contributed by atoms with Gasteiger partial charge in [0.05, 0.1) is 12.7 Å². The topological polar surface area (TPSA) is 59.4 Å². The van der Waals surface area contributed by atoms with Crippen molar-refractivity contribution in [2.75, 3.05) is 0 Å². The summed E-state index contributed by atoms with van der Waals surface area (Å²) >= 11 is 0. The van der Waals surface area contributed by atoms with Gasteiger partial charge in [-0.2, -0.15) is 10.4 Å². The van der Waals surface area contributed by atoms with E-state index >= 15 is 0 Å². The van der Waals surface area contributed by atoms with Crippen molar-refractivity contribution in [2.45, 2.75) is 6.54 Å². The molecule has 2 rings (SSSR count). The molecule has 5 nitrogen and oxygen atoms in total. The lowest BCUT2D eigenvalue weighted by Gasteiger charge is -1.99. The molecule has 2 aromatic rings. The molecule has 0 amide bonds. The van der Waals surface area contributed by atoms with Gasteiger partial charge in [-0.15, -0.1) is 0 Å². The largest absolute Gasteiger partial charge is 0.318 e. The van der Waals surface area contributed by atoms with E-state index in [9.17, 15) is 0 Å². The van der Waals surface area contributed by atoms with E-state index in [-0.39, 0.29) is 0 Å². The number of hydrogen-bond acceptors (Lipinski definition) is 3. The second-order valence-electron chi connectivity index (χ2n) is 3.01. The molecule has 0 bridgehead atoms. The number of aromatic nitrogens is 4. The molecule has 0 aliphatic carbocycles. The van der Waals surface area contributed by atoms with Crippen LogP contribution < -0.4 is 0 Å². The Labute approximate surface area is 81.2 Å². The van der Waals surface area contributed by atoms with Crippen molar-refractivity contribution < 1.29 is 0 Å². The monoisotopic (exact) mass is 187 g/mol. The van der Waals surface area contributed by atoms with E-state index in [4.69, 9.17) is 5.26 Å². The van der Waals surface area contributed by atoms with Gasteiger partial charge >= 0.3 is 0 Å². The fourth-order valence-corrected chi connectivity index (χ4v) is 1.30. The lowest BCUT2D eigenvalue weighted by molar-refractivity contribution is 0.759. The van der Waals surface area contributed by atoms with Crippen LogP contribution in [0.2, 0.25) is 0 Å². The Balaban J connectivity index is 2.23. The van der Waals surface area contributed by atoms with E-state index in [0.717, 1.165) is 5.56 Å². The summed E-state index contributed by atoms with van der Waals surface area (Å²) in [7, 11) is 1.86. The highest BCUT2D eigenvalue weighted by molar-refractivity contribution is 5.14. The summed E-state index contributed by atoms with van der Waals surface area (Å²) in [6.07, 6.45) is 7.10. The summed E-state index contributed by atoms with van der Waals surface area (Å²) < 4.78 is 3.52. The zero-order valence-electron chi connectivity index (χ0n) is 7.75. The summed E-state index contributed by atoms with van der Waals surface area (Å²) in [4.78, 5) is 3.91. The fourth-order valence-electron chi connectivity index (χ4n) is 1.30. The molecule has 0 spiro atoms. The van der Waals surface area contributed by atoms with Gasteiger partial charge in [0, 0.05) is 31.2 Å². The lowest BCUT2D eigenvalue weighted by atomic mass is 10.3. The summed E-state index contributed by atoms with van der Waals surface area (Å²) in [5, 5.41) is 12.8. The highest BCUT2D eigenvalue weighted by Crippen LogP contribution is 2.03. The molecule has 0 aliphatic heterocycles. The van der Waals surface area contributed by atoms with Gasteiger partial charge in [0.2, 0.25) is 5.82 Å². The average Bonchev–Trinajstić information content (AvgIpc) is 2.76. The van der Waals surface area contributed by atoms with Gasteiger partial charge in [-0.25, -0.2) is 4.98 Å². The first-order chi connectivity index (χ1) is 6.79. The predicted octanol–water partition coefficient (Wildman–Crippen LogP) is 0.537. The molecule has 0 atom stereocenters. The third-order valence-electron chi connectivity index (χ3n) is 1.93. The molecule has 0 unspecified atom stereocenters. The predicted molar refractivity (Wildman–Crippen MR) is 49.3 cm³/mol. The van der Waals surface area contributed by atoms with E-state index in [1.54, 1.807) is 27.8 Å². The van der Waals surface area contributed by atoms with E-state index in [0.29, 0.717) is 12.4 Å². The fraction of sp³-hybridized carbons (Fsp3) is 0.222. The summed E-state index contributed by atoms with van der Waals surface area (Å²) in [5.41, 5.74) is 1.06. The molecule has 0 saturated carbocycles. The van der Waals surface area contributed by atoms with E-state index in [1.165, 1.54) is 0 Å². The van der Waals surface area contributed by atoms with Crippen LogP contribution in [-0.2, 0) is 13.6 Å². The second-order valence-corrected chi connectivity index (χ2v) is 3.01. The maximum atomic E-state index is 8.74. The second kappa shape index (κ2) is 3.34. The number of imidazole rings is 1. The molecular weight excluding hydrogens is 178 g/mol. The van der Waals surface area contributed by atoms with Crippen LogP contribution in [0.4, 0.5) is 0 Å². The number of rotatable bonds is 2. The van der Waals surface area contributed by atoms with Crippen LogP contribution >= 0.6 is 0 Å². The maximum absolute atomic E-state index is 8.74. The molecule has 0 aliphatic rings. The highest BCUT2D eigenvalue weighted by atomic mass is 15.2. The Morgan fingerprint density at radius 2 is 2.43 bits per heavy atom. The van der Waals surface area contributed by atoms with Gasteiger partial charge in [-0.1, -0.05) is 0 Å². The molecule has 2 aromatic heterocycles. The minimum Gasteiger partial charge on any atom is -0.318 e. The normalized spacial score (nSPS) is 10.0. The SMILES string of the molecule is Cn1cc(Cn2ccnc2C#N)cn1. The van der Waals surface area contributed by atoms with Crippen LogP contribution in [-0.4, -0.2) is 19.3 Å². The molecule has 0 N–H and O–H groups in total. The Morgan fingerprint density at radius 3 is 3.07 bits per heavy atom. The van der Waals surface area contributed by atoms with Gasteiger partial charge in [0.15, 0.2) is 0 Å². The number of aryl methyl sites for hydroxylation is 1. The molecule has 70 valence electrons. The van der Waals surface area contributed by atoms with Crippen LogP contribution in [0.15, 0.2) is 24.8 Å². The molecule has 0 fully saturated rings. The molecule has 0 aromatic carbocycles. The van der Waals surface area contributed by atoms with Crippen molar-refractivity contribution in [3.8, 4) is 6.07 Å². The van der Waals surface area contributed by atoms with Crippen LogP contribution in [0.5, 0.6) is 0 Å². The van der Waals surface area contributed by atoms with Crippen molar-refractivity contribution in [2.24, 2.45) is 7.05 Å². The van der Waals surface area contributed by atoms with E-state index in [1.807, 2.05) is 19.3 Å². The van der Waals surface area contributed by atoms with Gasteiger partial charge in [0.25, 0.3) is 0 Å². The van der Waals surface area contributed by atoms with Crippen molar-refractivity contribution in [1.29, 1.82) is 5.26 Å². The number of nitriles is 1. The quantitative estimate of drug-likeness (QED) is 0.689. The number of nitrogens with zero attached hydrogens (tertiary/aromatic N) is 5. The van der Waals surface area contributed by atoms with Gasteiger partial charge in [-0.3, -0.25) is 4.68 Å². The Hall–Kier alpha value is -2.09. The third-order valence-corrected chi connectivity index (χ3v) is 1.93. The minimum absolute atomic E-state index is 0.425. The van der Waals surface area contributed by atoms with Crippen molar-refractivity contribution >= 4 is 0 Å². The average molecular weight is 187 g/mol. The van der Waals surface area contributed by atoms with Crippen molar-refractivity contribution in [3.63, 3.8) is 0 Å². The van der Waals surface area contributed by atoms with Crippen LogP contribution in [0, 0.1) is 11.3 Å². The zero-order valence-corrected chi connectivity index (χ0v) is 7.75. The van der Waals surface area contributed by atoms with Crippen molar-refractivity contribution in [3.05, 3.63) is 36.2 Å². The maximum Gasteiger partial charge on any atom is 0.213 e. The summed E-state index contributed by atoms with van der Waals surface area (Å²) in [6.45, 7) is 0.636. The first kappa shape index (κ1) is 8.51.